The maximum Gasteiger partial charge on any atom is 0.246 e. The minimum atomic E-state index is -0.620. The molecular formula is C13H13BrN2OS. The molecule has 1 aromatic heterocycles. The van der Waals surface area contributed by atoms with Crippen LogP contribution < -0.4 is 11.1 Å². The molecule has 0 spiro atoms. The fraction of sp³-hybridized carbons (Fsp3) is 0.154. The van der Waals surface area contributed by atoms with E-state index in [0.29, 0.717) is 0 Å². The first-order valence-electron chi connectivity index (χ1n) is 5.44. The van der Waals surface area contributed by atoms with Crippen molar-refractivity contribution in [1.82, 2.24) is 0 Å². The molecule has 0 bridgehead atoms. The molecule has 0 saturated carbocycles. The standard InChI is InChI=1S/C13H13BrN2OS/c1-8-4-5-9(7-10(8)14)16-13(17)12(15)11-3-2-6-18-11/h2-7,12H,15H2,1H3,(H,16,17). The van der Waals surface area contributed by atoms with Crippen LogP contribution >= 0.6 is 27.3 Å². The highest BCUT2D eigenvalue weighted by atomic mass is 79.9. The quantitative estimate of drug-likeness (QED) is 0.908. The van der Waals surface area contributed by atoms with Gasteiger partial charge in [0.1, 0.15) is 6.04 Å². The van der Waals surface area contributed by atoms with Crippen LogP contribution in [0.15, 0.2) is 40.2 Å². The normalized spacial score (nSPS) is 12.2. The van der Waals surface area contributed by atoms with E-state index in [4.69, 9.17) is 5.73 Å². The Morgan fingerprint density at radius 2 is 2.22 bits per heavy atom. The van der Waals surface area contributed by atoms with E-state index < -0.39 is 6.04 Å². The van der Waals surface area contributed by atoms with E-state index in [9.17, 15) is 4.79 Å². The zero-order chi connectivity index (χ0) is 13.1. The summed E-state index contributed by atoms with van der Waals surface area (Å²) in [6.45, 7) is 1.99. The van der Waals surface area contributed by atoms with Gasteiger partial charge in [-0.3, -0.25) is 4.79 Å². The van der Waals surface area contributed by atoms with Crippen molar-refractivity contribution < 1.29 is 4.79 Å². The lowest BCUT2D eigenvalue weighted by Gasteiger charge is -2.11. The van der Waals surface area contributed by atoms with Gasteiger partial charge in [-0.05, 0) is 36.1 Å². The summed E-state index contributed by atoms with van der Waals surface area (Å²) in [5, 5.41) is 4.72. The number of aryl methyl sites for hydroxylation is 1. The van der Waals surface area contributed by atoms with Gasteiger partial charge in [0.05, 0.1) is 0 Å². The number of hydrogen-bond donors (Lipinski definition) is 2. The van der Waals surface area contributed by atoms with Crippen LogP contribution in [0.3, 0.4) is 0 Å². The molecule has 2 aromatic rings. The van der Waals surface area contributed by atoms with E-state index in [1.165, 1.54) is 11.3 Å². The molecule has 0 radical (unpaired) electrons. The predicted molar refractivity (Wildman–Crippen MR) is 78.8 cm³/mol. The van der Waals surface area contributed by atoms with Crippen molar-refractivity contribution in [2.45, 2.75) is 13.0 Å². The Morgan fingerprint density at radius 1 is 1.44 bits per heavy atom. The molecule has 0 saturated heterocycles. The van der Waals surface area contributed by atoms with Crippen LogP contribution in [0.1, 0.15) is 16.5 Å². The Bertz CT molecular complexity index is 554. The van der Waals surface area contributed by atoms with Gasteiger partial charge in [-0.25, -0.2) is 0 Å². The zero-order valence-corrected chi connectivity index (χ0v) is 12.2. The number of carbonyl (C=O) groups is 1. The van der Waals surface area contributed by atoms with Gasteiger partial charge in [-0.15, -0.1) is 11.3 Å². The summed E-state index contributed by atoms with van der Waals surface area (Å²) in [5.74, 6) is -0.201. The van der Waals surface area contributed by atoms with Gasteiger partial charge < -0.3 is 11.1 Å². The maximum atomic E-state index is 12.0. The lowest BCUT2D eigenvalue weighted by atomic mass is 10.2. The first-order chi connectivity index (χ1) is 8.58. The number of halogens is 1. The Balaban J connectivity index is 2.09. The summed E-state index contributed by atoms with van der Waals surface area (Å²) < 4.78 is 0.963. The van der Waals surface area contributed by atoms with Crippen LogP contribution in [-0.4, -0.2) is 5.91 Å². The number of nitrogens with one attached hydrogen (secondary N) is 1. The van der Waals surface area contributed by atoms with Gasteiger partial charge in [0.2, 0.25) is 5.91 Å². The van der Waals surface area contributed by atoms with E-state index in [1.54, 1.807) is 0 Å². The summed E-state index contributed by atoms with van der Waals surface area (Å²) in [6.07, 6.45) is 0. The molecule has 1 unspecified atom stereocenters. The van der Waals surface area contributed by atoms with Gasteiger partial charge >= 0.3 is 0 Å². The van der Waals surface area contributed by atoms with Crippen LogP contribution in [0.5, 0.6) is 0 Å². The third-order valence-corrected chi connectivity index (χ3v) is 4.38. The zero-order valence-electron chi connectivity index (χ0n) is 9.81. The number of hydrogen-bond acceptors (Lipinski definition) is 3. The Kier molecular flexibility index (Phi) is 4.16. The lowest BCUT2D eigenvalue weighted by Crippen LogP contribution is -2.26. The lowest BCUT2D eigenvalue weighted by molar-refractivity contribution is -0.117. The van der Waals surface area contributed by atoms with E-state index in [0.717, 1.165) is 20.6 Å². The second kappa shape index (κ2) is 5.65. The van der Waals surface area contributed by atoms with Crippen LogP contribution in [0, 0.1) is 6.92 Å². The maximum absolute atomic E-state index is 12.0. The van der Waals surface area contributed by atoms with Crippen molar-refractivity contribution in [3.05, 3.63) is 50.6 Å². The molecule has 18 heavy (non-hydrogen) atoms. The molecule has 0 aliphatic rings. The van der Waals surface area contributed by atoms with Gasteiger partial charge in [0.25, 0.3) is 0 Å². The molecule has 0 aliphatic heterocycles. The van der Waals surface area contributed by atoms with E-state index >= 15 is 0 Å². The average molecular weight is 325 g/mol. The fourth-order valence-corrected chi connectivity index (χ4v) is 2.59. The molecule has 0 fully saturated rings. The highest BCUT2D eigenvalue weighted by Gasteiger charge is 2.16. The van der Waals surface area contributed by atoms with Crippen molar-refractivity contribution in [3.63, 3.8) is 0 Å². The molecule has 1 amide bonds. The summed E-state index contributed by atoms with van der Waals surface area (Å²) in [6, 6.07) is 8.80. The van der Waals surface area contributed by atoms with Crippen molar-refractivity contribution >= 4 is 38.9 Å². The molecule has 1 heterocycles. The molecule has 1 atom stereocenters. The van der Waals surface area contributed by atoms with E-state index in [2.05, 4.69) is 21.2 Å². The SMILES string of the molecule is Cc1ccc(NC(=O)C(N)c2cccs2)cc1Br. The van der Waals surface area contributed by atoms with Crippen LogP contribution in [0.25, 0.3) is 0 Å². The molecular weight excluding hydrogens is 312 g/mol. The summed E-state index contributed by atoms with van der Waals surface area (Å²) >= 11 is 4.91. The summed E-state index contributed by atoms with van der Waals surface area (Å²) in [4.78, 5) is 12.8. The Morgan fingerprint density at radius 3 is 2.83 bits per heavy atom. The summed E-state index contributed by atoms with van der Waals surface area (Å²) in [7, 11) is 0. The van der Waals surface area contributed by atoms with Crippen molar-refractivity contribution in [1.29, 1.82) is 0 Å². The Labute approximate surface area is 118 Å². The largest absolute Gasteiger partial charge is 0.324 e. The third-order valence-electron chi connectivity index (χ3n) is 2.57. The number of amides is 1. The van der Waals surface area contributed by atoms with Gasteiger partial charge in [-0.1, -0.05) is 28.1 Å². The van der Waals surface area contributed by atoms with Crippen LogP contribution in [0.2, 0.25) is 0 Å². The van der Waals surface area contributed by atoms with Gasteiger partial charge in [0, 0.05) is 15.0 Å². The molecule has 94 valence electrons. The second-order valence-corrected chi connectivity index (χ2v) is 5.78. The second-order valence-electron chi connectivity index (χ2n) is 3.95. The number of nitrogens with two attached hydrogens (primary N) is 1. The third kappa shape index (κ3) is 2.98. The average Bonchev–Trinajstić information content (AvgIpc) is 2.86. The first-order valence-corrected chi connectivity index (χ1v) is 7.11. The molecule has 3 N–H and O–H groups in total. The number of carbonyl (C=O) groups excluding carboxylic acids is 1. The number of rotatable bonds is 3. The molecule has 0 aliphatic carbocycles. The highest BCUT2D eigenvalue weighted by molar-refractivity contribution is 9.10. The number of anilines is 1. The van der Waals surface area contributed by atoms with E-state index in [-0.39, 0.29) is 5.91 Å². The van der Waals surface area contributed by atoms with Gasteiger partial charge in [0.15, 0.2) is 0 Å². The molecule has 3 nitrogen and oxygen atoms in total. The Hall–Kier alpha value is -1.17. The monoisotopic (exact) mass is 324 g/mol. The smallest absolute Gasteiger partial charge is 0.246 e. The minimum absolute atomic E-state index is 0.201. The van der Waals surface area contributed by atoms with Crippen LogP contribution in [0.4, 0.5) is 5.69 Å². The highest BCUT2D eigenvalue weighted by Crippen LogP contribution is 2.22. The minimum Gasteiger partial charge on any atom is -0.324 e. The number of benzene rings is 1. The first kappa shape index (κ1) is 13.3. The van der Waals surface area contributed by atoms with Crippen LogP contribution in [-0.2, 0) is 4.79 Å². The van der Waals surface area contributed by atoms with Gasteiger partial charge in [-0.2, -0.15) is 0 Å². The van der Waals surface area contributed by atoms with Crippen molar-refractivity contribution in [2.24, 2.45) is 5.73 Å². The molecule has 5 heteroatoms. The number of thiophene rings is 1. The topological polar surface area (TPSA) is 55.1 Å². The molecule has 1 aromatic carbocycles. The van der Waals surface area contributed by atoms with E-state index in [1.807, 2.05) is 42.6 Å². The summed E-state index contributed by atoms with van der Waals surface area (Å²) in [5.41, 5.74) is 7.75. The van der Waals surface area contributed by atoms with Crippen molar-refractivity contribution in [2.75, 3.05) is 5.32 Å². The molecule has 2 rings (SSSR count). The fourth-order valence-electron chi connectivity index (χ4n) is 1.49. The predicted octanol–water partition coefficient (Wildman–Crippen LogP) is 3.46. The van der Waals surface area contributed by atoms with Crippen molar-refractivity contribution in [3.8, 4) is 0 Å².